The molecule has 0 unspecified atom stereocenters. The van der Waals surface area contributed by atoms with Crippen LogP contribution < -0.4 is 15.8 Å². The molecule has 6 heteroatoms. The summed E-state index contributed by atoms with van der Waals surface area (Å²) in [5.41, 5.74) is 6.19. The van der Waals surface area contributed by atoms with Gasteiger partial charge in [0.25, 0.3) is 0 Å². The second-order valence-corrected chi connectivity index (χ2v) is 4.99. The van der Waals surface area contributed by atoms with Gasteiger partial charge in [-0.05, 0) is 0 Å². The smallest absolute Gasteiger partial charge is 0.242 e. The van der Waals surface area contributed by atoms with Crippen LogP contribution >= 0.6 is 0 Å². The van der Waals surface area contributed by atoms with Crippen LogP contribution in [0.5, 0.6) is 5.88 Å². The predicted octanol–water partition coefficient (Wildman–Crippen LogP) is 1.42. The van der Waals surface area contributed by atoms with E-state index in [9.17, 15) is 0 Å². The highest BCUT2D eigenvalue weighted by Crippen LogP contribution is 2.29. The van der Waals surface area contributed by atoms with Crippen LogP contribution in [0, 0.1) is 0 Å². The fourth-order valence-electron chi connectivity index (χ4n) is 1.35. The molecule has 18 heavy (non-hydrogen) atoms. The maximum atomic E-state index is 5.93. The lowest BCUT2D eigenvalue weighted by Gasteiger charge is -2.20. The molecule has 1 aromatic rings. The van der Waals surface area contributed by atoms with Gasteiger partial charge in [-0.3, -0.25) is 0 Å². The van der Waals surface area contributed by atoms with Crippen molar-refractivity contribution in [1.82, 2.24) is 9.97 Å². The third kappa shape index (κ3) is 3.46. The maximum Gasteiger partial charge on any atom is 0.242 e. The van der Waals surface area contributed by atoms with Crippen LogP contribution in [0.15, 0.2) is 0 Å². The number of hydrogen-bond acceptors (Lipinski definition) is 6. The van der Waals surface area contributed by atoms with Crippen molar-refractivity contribution in [2.45, 2.75) is 26.2 Å². The number of nitrogens with one attached hydrogen (secondary N) is 1. The van der Waals surface area contributed by atoms with Crippen molar-refractivity contribution in [3.8, 4) is 5.88 Å². The molecule has 0 aromatic carbocycles. The molecular formula is C12H22N4O2. The van der Waals surface area contributed by atoms with Gasteiger partial charge in [0.1, 0.15) is 11.5 Å². The molecule has 0 spiro atoms. The van der Waals surface area contributed by atoms with Crippen molar-refractivity contribution in [2.24, 2.45) is 0 Å². The normalized spacial score (nSPS) is 11.4. The van der Waals surface area contributed by atoms with Gasteiger partial charge in [-0.25, -0.2) is 4.98 Å². The molecule has 0 saturated carbocycles. The molecule has 1 aromatic heterocycles. The van der Waals surface area contributed by atoms with Crippen molar-refractivity contribution < 1.29 is 9.47 Å². The summed E-state index contributed by atoms with van der Waals surface area (Å²) in [6, 6.07) is 0. The number of anilines is 2. The summed E-state index contributed by atoms with van der Waals surface area (Å²) >= 11 is 0. The molecule has 0 amide bonds. The summed E-state index contributed by atoms with van der Waals surface area (Å²) in [5.74, 6) is 1.67. The number of nitrogens with zero attached hydrogens (tertiary/aromatic N) is 2. The Bertz CT molecular complexity index is 402. The number of rotatable bonds is 5. The summed E-state index contributed by atoms with van der Waals surface area (Å²) in [6.07, 6.45) is 0. The summed E-state index contributed by atoms with van der Waals surface area (Å²) in [5, 5.41) is 3.12. The number of hydrogen-bond donors (Lipinski definition) is 2. The average Bonchev–Trinajstić information content (AvgIpc) is 2.30. The topological polar surface area (TPSA) is 82.3 Å². The number of ether oxygens (including phenoxy) is 2. The largest absolute Gasteiger partial charge is 0.479 e. The number of aromatic nitrogens is 2. The van der Waals surface area contributed by atoms with Gasteiger partial charge in [0.15, 0.2) is 5.82 Å². The molecule has 0 fully saturated rings. The van der Waals surface area contributed by atoms with Crippen LogP contribution in [0.1, 0.15) is 26.6 Å². The Morgan fingerprint density at radius 2 is 1.89 bits per heavy atom. The zero-order chi connectivity index (χ0) is 13.8. The molecule has 3 N–H and O–H groups in total. The van der Waals surface area contributed by atoms with E-state index in [1.165, 1.54) is 0 Å². The van der Waals surface area contributed by atoms with Crippen molar-refractivity contribution in [2.75, 3.05) is 38.4 Å². The van der Waals surface area contributed by atoms with Gasteiger partial charge in [-0.15, -0.1) is 0 Å². The molecule has 1 rings (SSSR count). The summed E-state index contributed by atoms with van der Waals surface area (Å²) in [7, 11) is 3.19. The number of methoxy groups -OCH3 is 2. The van der Waals surface area contributed by atoms with Gasteiger partial charge in [0.2, 0.25) is 5.88 Å². The van der Waals surface area contributed by atoms with E-state index >= 15 is 0 Å². The highest BCUT2D eigenvalue weighted by atomic mass is 16.5. The van der Waals surface area contributed by atoms with Gasteiger partial charge in [0, 0.05) is 19.1 Å². The van der Waals surface area contributed by atoms with E-state index < -0.39 is 0 Å². The van der Waals surface area contributed by atoms with Crippen molar-refractivity contribution in [1.29, 1.82) is 0 Å². The van der Waals surface area contributed by atoms with Gasteiger partial charge in [0.05, 0.1) is 13.7 Å². The Labute approximate surface area is 108 Å². The van der Waals surface area contributed by atoms with Crippen LogP contribution in [-0.2, 0) is 10.2 Å². The standard InChI is InChI=1S/C12H22N4O2/c1-12(2,3)11-15-9(14-6-7-17-4)8(13)10(16-11)18-5/h6-7,13H2,1-5H3,(H,14,15,16). The van der Waals surface area contributed by atoms with Crippen molar-refractivity contribution >= 4 is 11.5 Å². The van der Waals surface area contributed by atoms with E-state index in [0.29, 0.717) is 36.4 Å². The van der Waals surface area contributed by atoms with Gasteiger partial charge >= 0.3 is 0 Å². The number of nitrogen functional groups attached to an aromatic ring is 1. The SMILES string of the molecule is COCCNc1nc(C(C)(C)C)nc(OC)c1N. The molecule has 0 aliphatic carbocycles. The van der Waals surface area contributed by atoms with Crippen molar-refractivity contribution in [3.05, 3.63) is 5.82 Å². The fourth-order valence-corrected chi connectivity index (χ4v) is 1.35. The third-order valence-electron chi connectivity index (χ3n) is 2.37. The predicted molar refractivity (Wildman–Crippen MR) is 72.1 cm³/mol. The average molecular weight is 254 g/mol. The van der Waals surface area contributed by atoms with E-state index in [4.69, 9.17) is 15.2 Å². The quantitative estimate of drug-likeness (QED) is 0.773. The van der Waals surface area contributed by atoms with Crippen LogP contribution in [0.4, 0.5) is 11.5 Å². The molecule has 6 nitrogen and oxygen atoms in total. The molecule has 1 heterocycles. The Kier molecular flexibility index (Phi) is 4.72. The third-order valence-corrected chi connectivity index (χ3v) is 2.37. The zero-order valence-corrected chi connectivity index (χ0v) is 11.7. The molecule has 0 saturated heterocycles. The van der Waals surface area contributed by atoms with E-state index in [-0.39, 0.29) is 5.41 Å². The van der Waals surface area contributed by atoms with E-state index in [2.05, 4.69) is 15.3 Å². The van der Waals surface area contributed by atoms with Gasteiger partial charge in [-0.1, -0.05) is 20.8 Å². The van der Waals surface area contributed by atoms with E-state index in [1.807, 2.05) is 20.8 Å². The van der Waals surface area contributed by atoms with Crippen LogP contribution in [0.2, 0.25) is 0 Å². The van der Waals surface area contributed by atoms with Crippen molar-refractivity contribution in [3.63, 3.8) is 0 Å². The minimum Gasteiger partial charge on any atom is -0.479 e. The lowest BCUT2D eigenvalue weighted by Crippen LogP contribution is -2.20. The molecule has 0 bridgehead atoms. The minimum atomic E-state index is -0.168. The summed E-state index contributed by atoms with van der Waals surface area (Å²) in [4.78, 5) is 8.76. The van der Waals surface area contributed by atoms with Crippen LogP contribution in [0.25, 0.3) is 0 Å². The first kappa shape index (κ1) is 14.5. The molecule has 0 atom stereocenters. The molecule has 0 aliphatic heterocycles. The number of nitrogens with two attached hydrogens (primary N) is 1. The van der Waals surface area contributed by atoms with Crippen LogP contribution in [-0.4, -0.2) is 37.3 Å². The Morgan fingerprint density at radius 3 is 2.39 bits per heavy atom. The van der Waals surface area contributed by atoms with Gasteiger partial charge < -0.3 is 20.5 Å². The second-order valence-electron chi connectivity index (χ2n) is 4.99. The lowest BCUT2D eigenvalue weighted by molar-refractivity contribution is 0.210. The molecule has 0 radical (unpaired) electrons. The van der Waals surface area contributed by atoms with Crippen LogP contribution in [0.3, 0.4) is 0 Å². The Morgan fingerprint density at radius 1 is 1.22 bits per heavy atom. The maximum absolute atomic E-state index is 5.93. The fraction of sp³-hybridized carbons (Fsp3) is 0.667. The minimum absolute atomic E-state index is 0.168. The first-order chi connectivity index (χ1) is 8.40. The second kappa shape index (κ2) is 5.86. The first-order valence-corrected chi connectivity index (χ1v) is 5.85. The monoisotopic (exact) mass is 254 g/mol. The van der Waals surface area contributed by atoms with Gasteiger partial charge in [-0.2, -0.15) is 4.98 Å². The molecular weight excluding hydrogens is 232 g/mol. The molecule has 0 aliphatic rings. The Balaban J connectivity index is 3.07. The Hall–Kier alpha value is -1.56. The zero-order valence-electron chi connectivity index (χ0n) is 11.7. The lowest BCUT2D eigenvalue weighted by atomic mass is 9.96. The highest BCUT2D eigenvalue weighted by molar-refractivity contribution is 5.67. The molecule has 102 valence electrons. The first-order valence-electron chi connectivity index (χ1n) is 5.85. The summed E-state index contributed by atoms with van der Waals surface area (Å²) < 4.78 is 10.2. The van der Waals surface area contributed by atoms with E-state index in [0.717, 1.165) is 0 Å². The van der Waals surface area contributed by atoms with E-state index in [1.54, 1.807) is 14.2 Å². The highest BCUT2D eigenvalue weighted by Gasteiger charge is 2.21. The summed E-state index contributed by atoms with van der Waals surface area (Å²) in [6.45, 7) is 7.33.